The molecule has 0 aliphatic carbocycles. The highest BCUT2D eigenvalue weighted by Gasteiger charge is 2.26. The highest BCUT2D eigenvalue weighted by Crippen LogP contribution is 2.33. The highest BCUT2D eigenvalue weighted by molar-refractivity contribution is 5.92. The van der Waals surface area contributed by atoms with E-state index in [-0.39, 0.29) is 0 Å². The van der Waals surface area contributed by atoms with Gasteiger partial charge in [0, 0.05) is 60.6 Å². The van der Waals surface area contributed by atoms with Crippen molar-refractivity contribution in [2.75, 3.05) is 43.2 Å². The van der Waals surface area contributed by atoms with Crippen molar-refractivity contribution in [3.05, 3.63) is 66.6 Å². The van der Waals surface area contributed by atoms with Gasteiger partial charge in [-0.15, -0.1) is 5.10 Å². The molecular formula is C40H69N5O2. The summed E-state index contributed by atoms with van der Waals surface area (Å²) in [5.41, 5.74) is 3.52. The zero-order valence-corrected chi connectivity index (χ0v) is 32.9. The second kappa shape index (κ2) is 27.4. The fourth-order valence-electron chi connectivity index (χ4n) is 4.80. The summed E-state index contributed by atoms with van der Waals surface area (Å²) in [6.07, 6.45) is 7.27. The Balaban J connectivity index is 0. The third-order valence-electron chi connectivity index (χ3n) is 6.45. The Bertz CT molecular complexity index is 1320. The van der Waals surface area contributed by atoms with Crippen LogP contribution < -0.4 is 19.3 Å². The number of nitrogens with zero attached hydrogens (tertiary/aromatic N) is 5. The summed E-state index contributed by atoms with van der Waals surface area (Å²) in [6.45, 7) is 34.0. The molecule has 2 aromatic carbocycles. The van der Waals surface area contributed by atoms with Crippen LogP contribution in [0.2, 0.25) is 0 Å². The van der Waals surface area contributed by atoms with E-state index in [4.69, 9.17) is 9.47 Å². The van der Waals surface area contributed by atoms with E-state index in [1.54, 1.807) is 7.11 Å². The summed E-state index contributed by atoms with van der Waals surface area (Å²) in [4.78, 5) is 4.83. The molecular weight excluding hydrogens is 582 g/mol. The second-order valence-corrected chi connectivity index (χ2v) is 9.50. The average Bonchev–Trinajstić information content (AvgIpc) is 3.57. The third-order valence-corrected chi connectivity index (χ3v) is 6.45. The van der Waals surface area contributed by atoms with E-state index in [1.807, 2.05) is 101 Å². The minimum Gasteiger partial charge on any atom is -0.494 e. The van der Waals surface area contributed by atoms with Crippen LogP contribution in [0, 0.1) is 6.92 Å². The van der Waals surface area contributed by atoms with Gasteiger partial charge in [0.05, 0.1) is 25.6 Å². The van der Waals surface area contributed by atoms with E-state index in [0.717, 1.165) is 53.4 Å². The largest absolute Gasteiger partial charge is 0.494 e. The first-order chi connectivity index (χ1) is 23.0. The van der Waals surface area contributed by atoms with Gasteiger partial charge < -0.3 is 23.8 Å². The topological polar surface area (TPSA) is 55.7 Å². The molecule has 3 heterocycles. The van der Waals surface area contributed by atoms with Gasteiger partial charge in [-0.3, -0.25) is 0 Å². The van der Waals surface area contributed by atoms with E-state index in [0.29, 0.717) is 12.6 Å². The zero-order chi connectivity index (χ0) is 36.4. The Labute approximate surface area is 289 Å². The molecule has 0 radical (unpaired) electrons. The van der Waals surface area contributed by atoms with Crippen LogP contribution in [0.4, 0.5) is 11.5 Å². The summed E-state index contributed by atoms with van der Waals surface area (Å²) in [7, 11) is 1.68. The third kappa shape index (κ3) is 13.5. The molecule has 1 fully saturated rings. The number of anilines is 2. The summed E-state index contributed by atoms with van der Waals surface area (Å²) in [6, 6.07) is 15.0. The molecule has 0 amide bonds. The van der Waals surface area contributed by atoms with Crippen LogP contribution in [0.15, 0.2) is 61.1 Å². The summed E-state index contributed by atoms with van der Waals surface area (Å²) in [5, 5.41) is 11.0. The van der Waals surface area contributed by atoms with Crippen LogP contribution in [0.1, 0.15) is 109 Å². The molecule has 1 aliphatic rings. The zero-order valence-electron chi connectivity index (χ0n) is 32.9. The van der Waals surface area contributed by atoms with Crippen molar-refractivity contribution in [2.45, 2.75) is 116 Å². The van der Waals surface area contributed by atoms with Gasteiger partial charge in [-0.1, -0.05) is 102 Å². The van der Waals surface area contributed by atoms with Crippen molar-refractivity contribution in [3.8, 4) is 17.2 Å². The quantitative estimate of drug-likeness (QED) is 0.207. The molecule has 0 N–H and O–H groups in total. The van der Waals surface area contributed by atoms with Crippen molar-refractivity contribution in [3.63, 3.8) is 0 Å². The van der Waals surface area contributed by atoms with Crippen molar-refractivity contribution < 1.29 is 9.47 Å². The van der Waals surface area contributed by atoms with Gasteiger partial charge in [0.2, 0.25) is 0 Å². The SMILES string of the molecule is CC.CC.CC.CC.CC.CCC.CCOc1ccc(-n2cc3cnnc(N4CCN(c5cccc(C)c5)C(C)C4)c3c2)c(OC)c1. The fourth-order valence-corrected chi connectivity index (χ4v) is 4.80. The minimum atomic E-state index is 0.362. The maximum atomic E-state index is 5.66. The average molecular weight is 652 g/mol. The molecule has 1 saturated heterocycles. The molecule has 266 valence electrons. The normalized spacial score (nSPS) is 12.7. The van der Waals surface area contributed by atoms with E-state index < -0.39 is 0 Å². The lowest BCUT2D eigenvalue weighted by Gasteiger charge is -2.41. The molecule has 7 heteroatoms. The van der Waals surface area contributed by atoms with Crippen molar-refractivity contribution in [1.29, 1.82) is 0 Å². The molecule has 5 rings (SSSR count). The number of aryl methyl sites for hydroxylation is 1. The predicted octanol–water partition coefficient (Wildman–Crippen LogP) is 11.4. The van der Waals surface area contributed by atoms with Crippen LogP contribution in [0.25, 0.3) is 16.5 Å². The second-order valence-electron chi connectivity index (χ2n) is 9.50. The molecule has 7 nitrogen and oxygen atoms in total. The smallest absolute Gasteiger partial charge is 0.160 e. The van der Waals surface area contributed by atoms with Crippen molar-refractivity contribution in [1.82, 2.24) is 14.8 Å². The van der Waals surface area contributed by atoms with Gasteiger partial charge in [-0.25, -0.2) is 0 Å². The number of fused-ring (bicyclic) bond motifs is 1. The van der Waals surface area contributed by atoms with E-state index in [2.05, 4.69) is 88.9 Å². The first-order valence-electron chi connectivity index (χ1n) is 18.2. The van der Waals surface area contributed by atoms with Crippen LogP contribution in [0.5, 0.6) is 11.5 Å². The van der Waals surface area contributed by atoms with Crippen LogP contribution >= 0.6 is 0 Å². The monoisotopic (exact) mass is 652 g/mol. The summed E-state index contributed by atoms with van der Waals surface area (Å²) >= 11 is 0. The van der Waals surface area contributed by atoms with Crippen LogP contribution in [-0.4, -0.2) is 54.2 Å². The first-order valence-corrected chi connectivity index (χ1v) is 18.2. The molecule has 1 aliphatic heterocycles. The molecule has 0 saturated carbocycles. The number of piperazine rings is 1. The summed E-state index contributed by atoms with van der Waals surface area (Å²) < 4.78 is 13.4. The predicted molar refractivity (Wildman–Crippen MR) is 209 cm³/mol. The fraction of sp³-hybridized carbons (Fsp3) is 0.550. The Morgan fingerprint density at radius 1 is 0.830 bits per heavy atom. The minimum absolute atomic E-state index is 0.362. The Morgan fingerprint density at radius 2 is 1.47 bits per heavy atom. The van der Waals surface area contributed by atoms with Gasteiger partial charge in [0.25, 0.3) is 0 Å². The maximum absolute atomic E-state index is 5.66. The number of methoxy groups -OCH3 is 1. The van der Waals surface area contributed by atoms with Gasteiger partial charge >= 0.3 is 0 Å². The number of aromatic nitrogens is 3. The standard InChI is InChI=1S/C27H31N5O2.C3H8.5C2H6/c1-5-34-23-9-10-25(26(14-23)33-4)31-17-21-15-28-29-27(24(21)18-31)30-11-12-32(20(3)16-30)22-8-6-7-19(2)13-22;1-3-2;5*1-2/h6-10,13-15,17-18,20H,5,11-12,16H2,1-4H3;3H2,1-2H3;5*1-2H3. The number of ether oxygens (including phenoxy) is 2. The maximum Gasteiger partial charge on any atom is 0.160 e. The van der Waals surface area contributed by atoms with E-state index >= 15 is 0 Å². The molecule has 1 atom stereocenters. The van der Waals surface area contributed by atoms with Crippen LogP contribution in [-0.2, 0) is 0 Å². The first kappa shape index (κ1) is 45.4. The lowest BCUT2D eigenvalue weighted by atomic mass is 10.1. The number of hydrogen-bond acceptors (Lipinski definition) is 6. The molecule has 0 bridgehead atoms. The van der Waals surface area contributed by atoms with Gasteiger partial charge in [-0.05, 0) is 50.6 Å². The number of hydrogen-bond donors (Lipinski definition) is 0. The highest BCUT2D eigenvalue weighted by atomic mass is 16.5. The molecule has 47 heavy (non-hydrogen) atoms. The van der Waals surface area contributed by atoms with E-state index in [9.17, 15) is 0 Å². The van der Waals surface area contributed by atoms with Crippen LogP contribution in [0.3, 0.4) is 0 Å². The number of rotatable bonds is 6. The Kier molecular flexibility index (Phi) is 26.4. The lowest BCUT2D eigenvalue weighted by molar-refractivity contribution is 0.336. The molecule has 2 aromatic heterocycles. The van der Waals surface area contributed by atoms with Gasteiger partial charge in [-0.2, -0.15) is 5.10 Å². The van der Waals surface area contributed by atoms with Crippen molar-refractivity contribution >= 4 is 22.3 Å². The summed E-state index contributed by atoms with van der Waals surface area (Å²) in [5.74, 6) is 2.48. The van der Waals surface area contributed by atoms with Gasteiger partial charge in [0.1, 0.15) is 11.5 Å². The van der Waals surface area contributed by atoms with Gasteiger partial charge in [0.15, 0.2) is 5.82 Å². The van der Waals surface area contributed by atoms with Crippen molar-refractivity contribution in [2.24, 2.45) is 0 Å². The molecule has 1 unspecified atom stereocenters. The lowest BCUT2D eigenvalue weighted by Crippen LogP contribution is -2.52. The Morgan fingerprint density at radius 3 is 2.02 bits per heavy atom. The molecule has 0 spiro atoms. The number of benzene rings is 2. The molecule has 4 aromatic rings. The van der Waals surface area contributed by atoms with E-state index in [1.165, 1.54) is 17.7 Å². The Hall–Kier alpha value is -3.74.